The van der Waals surface area contributed by atoms with Crippen LogP contribution in [0.5, 0.6) is 0 Å². The molecule has 1 amide bonds. The van der Waals surface area contributed by atoms with Crippen molar-refractivity contribution in [2.45, 2.75) is 51.7 Å². The van der Waals surface area contributed by atoms with Crippen LogP contribution in [-0.4, -0.2) is 55.5 Å². The van der Waals surface area contributed by atoms with E-state index >= 15 is 0 Å². The highest BCUT2D eigenvalue weighted by Gasteiger charge is 2.24. The van der Waals surface area contributed by atoms with Gasteiger partial charge >= 0.3 is 0 Å². The monoisotopic (exact) mass is 487 g/mol. The normalized spacial score (nSPS) is 17.5. The minimum absolute atomic E-state index is 0. The molecule has 7 heteroatoms. The molecule has 0 aliphatic carbocycles. The number of guanidine groups is 1. The largest absolute Gasteiger partial charge is 0.356 e. The maximum Gasteiger partial charge on any atom is 0.221 e. The molecule has 1 aliphatic rings. The van der Waals surface area contributed by atoms with Crippen molar-refractivity contribution in [2.24, 2.45) is 4.99 Å². The van der Waals surface area contributed by atoms with Crippen LogP contribution in [0.3, 0.4) is 0 Å². The number of benzene rings is 1. The summed E-state index contributed by atoms with van der Waals surface area (Å²) < 4.78 is 0. The first-order chi connectivity index (χ1) is 12.6. The average molecular weight is 487 g/mol. The molecular formula is C20H34IN5O. The molecule has 0 aromatic heterocycles. The Balaban J connectivity index is 0.00000364. The molecule has 1 heterocycles. The number of likely N-dealkylation sites (tertiary alicyclic amines) is 1. The van der Waals surface area contributed by atoms with E-state index < -0.39 is 0 Å². The molecule has 6 nitrogen and oxygen atoms in total. The van der Waals surface area contributed by atoms with Gasteiger partial charge in [-0.25, -0.2) is 0 Å². The number of halogens is 1. The third kappa shape index (κ3) is 8.92. The van der Waals surface area contributed by atoms with E-state index in [9.17, 15) is 4.79 Å². The van der Waals surface area contributed by atoms with Crippen LogP contribution in [-0.2, 0) is 11.3 Å². The van der Waals surface area contributed by atoms with Crippen LogP contribution in [0.4, 0.5) is 0 Å². The van der Waals surface area contributed by atoms with Gasteiger partial charge in [0, 0.05) is 45.2 Å². The number of carbonyl (C=O) groups excluding carboxylic acids is 1. The van der Waals surface area contributed by atoms with Crippen molar-refractivity contribution in [2.75, 3.05) is 26.7 Å². The maximum absolute atomic E-state index is 11.7. The van der Waals surface area contributed by atoms with Crippen molar-refractivity contribution in [1.29, 1.82) is 0 Å². The first-order valence-corrected chi connectivity index (χ1v) is 9.60. The molecule has 1 aromatic rings. The Kier molecular flexibility index (Phi) is 11.3. The van der Waals surface area contributed by atoms with Crippen LogP contribution in [0.2, 0.25) is 0 Å². The smallest absolute Gasteiger partial charge is 0.221 e. The summed E-state index contributed by atoms with van der Waals surface area (Å²) in [6, 6.07) is 11.3. The Morgan fingerprint density at radius 1 is 1.26 bits per heavy atom. The second-order valence-electron chi connectivity index (χ2n) is 7.10. The standard InChI is InChI=1S/C20H33N5O.HI/c1-16(2)24-19(26)11-12-22-20(21-3)23-14-18-10-7-13-25(18)15-17-8-5-4-6-9-17;/h4-6,8-9,16,18H,7,10-15H2,1-3H3,(H,24,26)(H2,21,22,23);1H. The third-order valence-corrected chi connectivity index (χ3v) is 4.55. The summed E-state index contributed by atoms with van der Waals surface area (Å²) in [4.78, 5) is 18.5. The van der Waals surface area contributed by atoms with Gasteiger partial charge in [0.15, 0.2) is 5.96 Å². The van der Waals surface area contributed by atoms with Crippen LogP contribution in [0.25, 0.3) is 0 Å². The summed E-state index contributed by atoms with van der Waals surface area (Å²) in [5.74, 6) is 0.821. The lowest BCUT2D eigenvalue weighted by atomic mass is 10.2. The minimum atomic E-state index is 0. The second-order valence-corrected chi connectivity index (χ2v) is 7.10. The van der Waals surface area contributed by atoms with Gasteiger partial charge in [-0.1, -0.05) is 30.3 Å². The van der Waals surface area contributed by atoms with E-state index in [0.717, 1.165) is 25.6 Å². The number of hydrogen-bond acceptors (Lipinski definition) is 3. The lowest BCUT2D eigenvalue weighted by Crippen LogP contribution is -2.45. The molecule has 27 heavy (non-hydrogen) atoms. The SMILES string of the molecule is CN=C(NCCC(=O)NC(C)C)NCC1CCCN1Cc1ccccc1.I. The predicted molar refractivity (Wildman–Crippen MR) is 123 cm³/mol. The number of carbonyl (C=O) groups is 1. The summed E-state index contributed by atoms with van der Waals surface area (Å²) in [5.41, 5.74) is 1.36. The van der Waals surface area contributed by atoms with Crippen LogP contribution >= 0.6 is 24.0 Å². The number of amides is 1. The highest BCUT2D eigenvalue weighted by atomic mass is 127. The Bertz CT molecular complexity index is 579. The molecular weight excluding hydrogens is 453 g/mol. The Morgan fingerprint density at radius 2 is 2.00 bits per heavy atom. The van der Waals surface area contributed by atoms with Crippen molar-refractivity contribution >= 4 is 35.8 Å². The van der Waals surface area contributed by atoms with E-state index in [0.29, 0.717) is 19.0 Å². The molecule has 0 spiro atoms. The van der Waals surface area contributed by atoms with E-state index in [1.165, 1.54) is 18.4 Å². The van der Waals surface area contributed by atoms with E-state index in [1.807, 2.05) is 13.8 Å². The fraction of sp³-hybridized carbons (Fsp3) is 0.600. The lowest BCUT2D eigenvalue weighted by molar-refractivity contribution is -0.121. The lowest BCUT2D eigenvalue weighted by Gasteiger charge is -2.25. The van der Waals surface area contributed by atoms with Crippen molar-refractivity contribution in [3.8, 4) is 0 Å². The topological polar surface area (TPSA) is 68.8 Å². The first-order valence-electron chi connectivity index (χ1n) is 9.60. The van der Waals surface area contributed by atoms with Crippen LogP contribution in [0.1, 0.15) is 38.7 Å². The highest BCUT2D eigenvalue weighted by Crippen LogP contribution is 2.19. The van der Waals surface area contributed by atoms with Gasteiger partial charge in [0.2, 0.25) is 5.91 Å². The quantitative estimate of drug-likeness (QED) is 0.299. The maximum atomic E-state index is 11.7. The average Bonchev–Trinajstić information content (AvgIpc) is 3.05. The zero-order chi connectivity index (χ0) is 18.8. The van der Waals surface area contributed by atoms with Crippen molar-refractivity contribution < 1.29 is 4.79 Å². The molecule has 2 rings (SSSR count). The number of rotatable bonds is 8. The van der Waals surface area contributed by atoms with E-state index in [-0.39, 0.29) is 35.9 Å². The van der Waals surface area contributed by atoms with E-state index in [1.54, 1.807) is 7.05 Å². The Hall–Kier alpha value is -1.35. The molecule has 1 atom stereocenters. The van der Waals surface area contributed by atoms with E-state index in [2.05, 4.69) is 56.2 Å². The minimum Gasteiger partial charge on any atom is -0.356 e. The molecule has 1 fully saturated rings. The molecule has 0 radical (unpaired) electrons. The van der Waals surface area contributed by atoms with Gasteiger partial charge in [0.25, 0.3) is 0 Å². The molecule has 1 aliphatic heterocycles. The summed E-state index contributed by atoms with van der Waals surface area (Å²) in [6.07, 6.45) is 2.89. The van der Waals surface area contributed by atoms with E-state index in [4.69, 9.17) is 0 Å². The first kappa shape index (κ1) is 23.7. The van der Waals surface area contributed by atoms with Gasteiger partial charge in [-0.15, -0.1) is 24.0 Å². The number of aliphatic imine (C=N–C) groups is 1. The predicted octanol–water partition coefficient (Wildman–Crippen LogP) is 2.35. The van der Waals surface area contributed by atoms with Gasteiger partial charge in [-0.2, -0.15) is 0 Å². The summed E-state index contributed by atoms with van der Waals surface area (Å²) in [5, 5.41) is 9.52. The Morgan fingerprint density at radius 3 is 2.67 bits per heavy atom. The highest BCUT2D eigenvalue weighted by molar-refractivity contribution is 14.0. The molecule has 1 saturated heterocycles. The zero-order valence-electron chi connectivity index (χ0n) is 16.7. The Labute approximate surface area is 180 Å². The molecule has 152 valence electrons. The van der Waals surface area contributed by atoms with Crippen molar-refractivity contribution in [3.63, 3.8) is 0 Å². The van der Waals surface area contributed by atoms with Gasteiger partial charge in [-0.3, -0.25) is 14.7 Å². The van der Waals surface area contributed by atoms with Crippen LogP contribution < -0.4 is 16.0 Å². The summed E-state index contributed by atoms with van der Waals surface area (Å²) >= 11 is 0. The third-order valence-electron chi connectivity index (χ3n) is 4.55. The fourth-order valence-electron chi connectivity index (χ4n) is 3.28. The molecule has 1 aromatic carbocycles. The van der Waals surface area contributed by atoms with Gasteiger partial charge in [0.05, 0.1) is 0 Å². The van der Waals surface area contributed by atoms with Crippen LogP contribution in [0, 0.1) is 0 Å². The zero-order valence-corrected chi connectivity index (χ0v) is 19.0. The fourth-order valence-corrected chi connectivity index (χ4v) is 3.28. The van der Waals surface area contributed by atoms with Crippen molar-refractivity contribution in [1.82, 2.24) is 20.9 Å². The van der Waals surface area contributed by atoms with Gasteiger partial charge in [0.1, 0.15) is 0 Å². The number of nitrogens with one attached hydrogen (secondary N) is 3. The van der Waals surface area contributed by atoms with Crippen LogP contribution in [0.15, 0.2) is 35.3 Å². The molecule has 0 bridgehead atoms. The van der Waals surface area contributed by atoms with Crippen molar-refractivity contribution in [3.05, 3.63) is 35.9 Å². The molecule has 1 unspecified atom stereocenters. The number of hydrogen-bond donors (Lipinski definition) is 3. The molecule has 0 saturated carbocycles. The van der Waals surface area contributed by atoms with Gasteiger partial charge in [-0.05, 0) is 38.8 Å². The number of nitrogens with zero attached hydrogens (tertiary/aromatic N) is 2. The second kappa shape index (κ2) is 12.9. The summed E-state index contributed by atoms with van der Waals surface area (Å²) in [6.45, 7) is 7.52. The van der Waals surface area contributed by atoms with Gasteiger partial charge < -0.3 is 16.0 Å². The molecule has 3 N–H and O–H groups in total. The summed E-state index contributed by atoms with van der Waals surface area (Å²) in [7, 11) is 1.76.